The van der Waals surface area contributed by atoms with Crippen molar-refractivity contribution in [1.82, 2.24) is 0 Å². The van der Waals surface area contributed by atoms with Gasteiger partial charge in [-0.05, 0) is 53.6 Å². The number of nitrogens with two attached hydrogens (primary N) is 1. The molecule has 19 heavy (non-hydrogen) atoms. The molecule has 0 saturated heterocycles. The predicted molar refractivity (Wildman–Crippen MR) is 83.3 cm³/mol. The zero-order valence-electron chi connectivity index (χ0n) is 11.3. The molecule has 1 rings (SSSR count). The lowest BCUT2D eigenvalue weighted by molar-refractivity contribution is -0.146. The third kappa shape index (κ3) is 5.55. The largest absolute Gasteiger partial charge is 0.468 e. The van der Waals surface area contributed by atoms with Gasteiger partial charge >= 0.3 is 5.97 Å². The highest BCUT2D eigenvalue weighted by Crippen LogP contribution is 2.28. The van der Waals surface area contributed by atoms with Crippen LogP contribution in [0.25, 0.3) is 0 Å². The highest BCUT2D eigenvalue weighted by atomic mass is 79.9. The summed E-state index contributed by atoms with van der Waals surface area (Å²) < 4.78 is 5.81. The number of unbranched alkanes of at least 4 members (excludes halogenated alkanes) is 1. The molecule has 1 aromatic carbocycles. The minimum atomic E-state index is -0.868. The van der Waals surface area contributed by atoms with E-state index in [0.29, 0.717) is 6.42 Å². The zero-order valence-corrected chi connectivity index (χ0v) is 13.7. The van der Waals surface area contributed by atoms with Crippen molar-refractivity contribution in [3.8, 4) is 0 Å². The summed E-state index contributed by atoms with van der Waals surface area (Å²) in [6.07, 6.45) is 2.59. The lowest BCUT2D eigenvalue weighted by Crippen LogP contribution is -2.45. The van der Waals surface area contributed by atoms with Crippen LogP contribution in [-0.2, 0) is 9.53 Å². The molecule has 0 aliphatic heterocycles. The standard InChI is InChI=1S/C14H20BrNO2S/c1-14(16,13(17)18-2)9-5-6-10-19-12-8-4-3-7-11(12)15/h3-4,7-8H,5-6,9-10,16H2,1-2H3. The number of carbonyl (C=O) groups excluding carboxylic acids is 1. The molecule has 1 atom stereocenters. The first-order valence-electron chi connectivity index (χ1n) is 6.22. The predicted octanol–water partition coefficient (Wildman–Crippen LogP) is 3.60. The van der Waals surface area contributed by atoms with E-state index in [1.165, 1.54) is 12.0 Å². The second kappa shape index (κ2) is 7.92. The summed E-state index contributed by atoms with van der Waals surface area (Å²) in [6.45, 7) is 1.72. The molecule has 0 bridgehead atoms. The summed E-state index contributed by atoms with van der Waals surface area (Å²) in [5.74, 6) is 0.672. The first-order chi connectivity index (χ1) is 8.97. The van der Waals surface area contributed by atoms with Gasteiger partial charge in [0.15, 0.2) is 0 Å². The summed E-state index contributed by atoms with van der Waals surface area (Å²) >= 11 is 5.33. The third-order valence-electron chi connectivity index (χ3n) is 2.84. The van der Waals surface area contributed by atoms with Crippen LogP contribution in [0.5, 0.6) is 0 Å². The van der Waals surface area contributed by atoms with E-state index in [9.17, 15) is 4.79 Å². The van der Waals surface area contributed by atoms with Gasteiger partial charge in [-0.2, -0.15) is 0 Å². The maximum Gasteiger partial charge on any atom is 0.325 e. The molecule has 106 valence electrons. The smallest absolute Gasteiger partial charge is 0.325 e. The van der Waals surface area contributed by atoms with Gasteiger partial charge in [0.05, 0.1) is 7.11 Å². The number of benzene rings is 1. The first kappa shape index (κ1) is 16.5. The number of methoxy groups -OCH3 is 1. The van der Waals surface area contributed by atoms with Gasteiger partial charge in [-0.15, -0.1) is 11.8 Å². The SMILES string of the molecule is COC(=O)C(C)(N)CCCCSc1ccccc1Br. The van der Waals surface area contributed by atoms with Crippen molar-refractivity contribution < 1.29 is 9.53 Å². The molecular weight excluding hydrogens is 326 g/mol. The first-order valence-corrected chi connectivity index (χ1v) is 8.00. The number of esters is 1. The molecule has 1 aromatic rings. The molecule has 0 spiro atoms. The van der Waals surface area contributed by atoms with E-state index in [1.807, 2.05) is 30.0 Å². The van der Waals surface area contributed by atoms with Crippen LogP contribution in [-0.4, -0.2) is 24.4 Å². The Balaban J connectivity index is 2.25. The second-order valence-electron chi connectivity index (χ2n) is 4.65. The van der Waals surface area contributed by atoms with Gasteiger partial charge in [0.2, 0.25) is 0 Å². The van der Waals surface area contributed by atoms with Crippen molar-refractivity contribution in [3.63, 3.8) is 0 Å². The molecule has 0 amide bonds. The van der Waals surface area contributed by atoms with Crippen LogP contribution >= 0.6 is 27.7 Å². The molecule has 0 heterocycles. The molecular formula is C14H20BrNO2S. The molecule has 0 aliphatic carbocycles. The maximum atomic E-state index is 11.4. The quantitative estimate of drug-likeness (QED) is 0.466. The minimum absolute atomic E-state index is 0.342. The number of rotatable bonds is 7. The van der Waals surface area contributed by atoms with Crippen LogP contribution in [0.15, 0.2) is 33.6 Å². The Morgan fingerprint density at radius 2 is 2.11 bits per heavy atom. The normalized spacial score (nSPS) is 13.9. The van der Waals surface area contributed by atoms with Crippen LogP contribution in [0.2, 0.25) is 0 Å². The summed E-state index contributed by atoms with van der Waals surface area (Å²) in [7, 11) is 1.37. The Labute approximate surface area is 127 Å². The Morgan fingerprint density at radius 1 is 1.42 bits per heavy atom. The lowest BCUT2D eigenvalue weighted by atomic mass is 9.97. The molecule has 0 aromatic heterocycles. The van der Waals surface area contributed by atoms with Gasteiger partial charge in [-0.3, -0.25) is 4.79 Å². The lowest BCUT2D eigenvalue weighted by Gasteiger charge is -2.20. The molecule has 1 unspecified atom stereocenters. The summed E-state index contributed by atoms with van der Waals surface area (Å²) in [5, 5.41) is 0. The van der Waals surface area contributed by atoms with E-state index < -0.39 is 5.54 Å². The highest BCUT2D eigenvalue weighted by Gasteiger charge is 2.28. The zero-order chi connectivity index (χ0) is 14.3. The van der Waals surface area contributed by atoms with E-state index in [2.05, 4.69) is 26.7 Å². The molecule has 5 heteroatoms. The Kier molecular flexibility index (Phi) is 6.89. The highest BCUT2D eigenvalue weighted by molar-refractivity contribution is 9.10. The van der Waals surface area contributed by atoms with E-state index in [1.54, 1.807) is 6.92 Å². The number of hydrogen-bond donors (Lipinski definition) is 1. The van der Waals surface area contributed by atoms with Crippen molar-refractivity contribution in [1.29, 1.82) is 0 Å². The van der Waals surface area contributed by atoms with E-state index in [0.717, 1.165) is 23.1 Å². The van der Waals surface area contributed by atoms with Crippen molar-refractivity contribution in [2.24, 2.45) is 5.73 Å². The van der Waals surface area contributed by atoms with Gasteiger partial charge in [-0.1, -0.05) is 18.6 Å². The number of hydrogen-bond acceptors (Lipinski definition) is 4. The number of ether oxygens (including phenoxy) is 1. The second-order valence-corrected chi connectivity index (χ2v) is 6.64. The van der Waals surface area contributed by atoms with Gasteiger partial charge in [0, 0.05) is 9.37 Å². The van der Waals surface area contributed by atoms with Crippen LogP contribution in [0, 0.1) is 0 Å². The summed E-state index contributed by atoms with van der Waals surface area (Å²) in [4.78, 5) is 12.6. The minimum Gasteiger partial charge on any atom is -0.468 e. The van der Waals surface area contributed by atoms with Crippen LogP contribution in [0.3, 0.4) is 0 Å². The molecule has 3 nitrogen and oxygen atoms in total. The fourth-order valence-corrected chi connectivity index (χ4v) is 3.25. The number of thioether (sulfide) groups is 1. The summed E-state index contributed by atoms with van der Waals surface area (Å²) in [5.41, 5.74) is 5.03. The molecule has 0 radical (unpaired) electrons. The van der Waals surface area contributed by atoms with Gasteiger partial charge in [0.25, 0.3) is 0 Å². The fourth-order valence-electron chi connectivity index (χ4n) is 1.67. The molecule has 2 N–H and O–H groups in total. The van der Waals surface area contributed by atoms with Gasteiger partial charge in [0.1, 0.15) is 5.54 Å². The molecule has 0 aliphatic rings. The van der Waals surface area contributed by atoms with Crippen molar-refractivity contribution in [2.45, 2.75) is 36.6 Å². The van der Waals surface area contributed by atoms with E-state index >= 15 is 0 Å². The average Bonchev–Trinajstić information content (AvgIpc) is 2.39. The van der Waals surface area contributed by atoms with Crippen LogP contribution in [0.1, 0.15) is 26.2 Å². The average molecular weight is 346 g/mol. The topological polar surface area (TPSA) is 52.3 Å². The Morgan fingerprint density at radius 3 is 2.74 bits per heavy atom. The Bertz CT molecular complexity index is 424. The fraction of sp³-hybridized carbons (Fsp3) is 0.500. The van der Waals surface area contributed by atoms with Gasteiger partial charge < -0.3 is 10.5 Å². The van der Waals surface area contributed by atoms with Gasteiger partial charge in [-0.25, -0.2) is 0 Å². The van der Waals surface area contributed by atoms with E-state index in [4.69, 9.17) is 5.73 Å². The number of halogens is 1. The molecule has 0 fully saturated rings. The Hall–Kier alpha value is -0.520. The molecule has 0 saturated carbocycles. The number of carbonyl (C=O) groups is 1. The van der Waals surface area contributed by atoms with Crippen molar-refractivity contribution in [2.75, 3.05) is 12.9 Å². The summed E-state index contributed by atoms with van der Waals surface area (Å²) in [6, 6.07) is 8.17. The third-order valence-corrected chi connectivity index (χ3v) is 4.95. The van der Waals surface area contributed by atoms with Crippen molar-refractivity contribution in [3.05, 3.63) is 28.7 Å². The maximum absolute atomic E-state index is 11.4. The van der Waals surface area contributed by atoms with Crippen LogP contribution in [0.4, 0.5) is 0 Å². The van der Waals surface area contributed by atoms with Crippen molar-refractivity contribution >= 4 is 33.7 Å². The monoisotopic (exact) mass is 345 g/mol. The van der Waals surface area contributed by atoms with E-state index in [-0.39, 0.29) is 5.97 Å². The van der Waals surface area contributed by atoms with Crippen LogP contribution < -0.4 is 5.73 Å².